The number of pyridine rings is 1. The number of hydrogen-bond acceptors (Lipinski definition) is 6. The smallest absolute Gasteiger partial charge is 0.414 e. The third-order valence-corrected chi connectivity index (χ3v) is 6.44. The van der Waals surface area contributed by atoms with Gasteiger partial charge in [0.25, 0.3) is 11.5 Å². The van der Waals surface area contributed by atoms with Crippen LogP contribution in [0.2, 0.25) is 4.34 Å². The lowest BCUT2D eigenvalue weighted by molar-refractivity contribution is 0.0920. The molecule has 34 heavy (non-hydrogen) atoms. The van der Waals surface area contributed by atoms with Gasteiger partial charge >= 0.3 is 6.09 Å². The lowest BCUT2D eigenvalue weighted by Gasteiger charge is -2.17. The van der Waals surface area contributed by atoms with E-state index in [2.05, 4.69) is 10.3 Å². The number of ether oxygens (including phenoxy) is 2. The minimum absolute atomic E-state index is 0.0411. The van der Waals surface area contributed by atoms with E-state index in [-0.39, 0.29) is 31.4 Å². The summed E-state index contributed by atoms with van der Waals surface area (Å²) in [6.07, 6.45) is 0.461. The topological polar surface area (TPSA) is 101 Å². The molecule has 1 fully saturated rings. The maximum Gasteiger partial charge on any atom is 0.414 e. The van der Waals surface area contributed by atoms with Crippen molar-refractivity contribution in [2.24, 2.45) is 0 Å². The SMILES string of the molecule is Cc1cc(N2C[C@H](CNC(=O)c3ccc(Cl)s3)OC2=O)ccc1-c1cc[nH]c(=O)c1OCCF. The number of carbonyl (C=O) groups is 2. The van der Waals surface area contributed by atoms with Crippen LogP contribution >= 0.6 is 22.9 Å². The lowest BCUT2D eigenvalue weighted by Crippen LogP contribution is -2.34. The standard InChI is InChI=1S/C23H21ClFN3O5S/c1-13-10-14(2-3-16(13)17-6-8-26-22(30)20(17)32-9-7-25)28-12-15(33-23(28)31)11-27-21(29)18-4-5-19(24)34-18/h2-6,8,10,15H,7,9,11-12H2,1H3,(H,26,30)(H,27,29)/t15-/m0/s1. The van der Waals surface area contributed by atoms with Gasteiger partial charge in [-0.1, -0.05) is 17.7 Å². The number of cyclic esters (lactones) is 1. The maximum atomic E-state index is 12.6. The number of H-pyrrole nitrogens is 1. The number of nitrogens with one attached hydrogen (secondary N) is 2. The van der Waals surface area contributed by atoms with Gasteiger partial charge in [0, 0.05) is 17.4 Å². The number of aromatic amines is 1. The van der Waals surface area contributed by atoms with Crippen LogP contribution in [0.5, 0.6) is 5.75 Å². The zero-order valence-electron chi connectivity index (χ0n) is 18.1. The fraction of sp³-hybridized carbons (Fsp3) is 0.261. The van der Waals surface area contributed by atoms with E-state index in [9.17, 15) is 18.8 Å². The minimum atomic E-state index is -0.717. The van der Waals surface area contributed by atoms with Crippen LogP contribution in [0.4, 0.5) is 14.9 Å². The van der Waals surface area contributed by atoms with E-state index < -0.39 is 24.4 Å². The Morgan fingerprint density at radius 1 is 1.29 bits per heavy atom. The molecule has 0 unspecified atom stereocenters. The average Bonchev–Trinajstić information content (AvgIpc) is 3.42. The van der Waals surface area contributed by atoms with Gasteiger partial charge in [-0.25, -0.2) is 9.18 Å². The van der Waals surface area contributed by atoms with E-state index in [1.54, 1.807) is 36.4 Å². The summed E-state index contributed by atoms with van der Waals surface area (Å²) in [7, 11) is 0. The van der Waals surface area contributed by atoms with Gasteiger partial charge in [-0.2, -0.15) is 0 Å². The number of aryl methyl sites for hydroxylation is 1. The number of nitrogens with zero attached hydrogens (tertiary/aromatic N) is 1. The minimum Gasteiger partial charge on any atom is -0.485 e. The van der Waals surface area contributed by atoms with Gasteiger partial charge in [-0.05, 0) is 48.4 Å². The van der Waals surface area contributed by atoms with Crippen LogP contribution in [0.15, 0.2) is 47.4 Å². The second kappa shape index (κ2) is 10.3. The number of rotatable bonds is 8. The van der Waals surface area contributed by atoms with Gasteiger partial charge in [-0.3, -0.25) is 14.5 Å². The van der Waals surface area contributed by atoms with Crippen molar-refractivity contribution in [3.8, 4) is 16.9 Å². The van der Waals surface area contributed by atoms with Crippen LogP contribution in [-0.4, -0.2) is 49.5 Å². The van der Waals surface area contributed by atoms with Crippen molar-refractivity contribution in [3.05, 3.63) is 67.7 Å². The highest BCUT2D eigenvalue weighted by atomic mass is 35.5. The van der Waals surface area contributed by atoms with Gasteiger partial charge in [0.05, 0.1) is 22.3 Å². The molecule has 0 saturated carbocycles. The summed E-state index contributed by atoms with van der Waals surface area (Å²) in [6.45, 7) is 1.32. The van der Waals surface area contributed by atoms with Crippen LogP contribution in [0.1, 0.15) is 15.2 Å². The Morgan fingerprint density at radius 3 is 2.82 bits per heavy atom. The number of amides is 2. The van der Waals surface area contributed by atoms with Crippen LogP contribution in [0, 0.1) is 6.92 Å². The average molecular weight is 506 g/mol. The highest BCUT2D eigenvalue weighted by Gasteiger charge is 2.33. The summed E-state index contributed by atoms with van der Waals surface area (Å²) in [5, 5.41) is 2.75. The van der Waals surface area contributed by atoms with E-state index in [4.69, 9.17) is 21.1 Å². The Bertz CT molecular complexity index is 1280. The molecular weight excluding hydrogens is 485 g/mol. The second-order valence-corrected chi connectivity index (χ2v) is 9.23. The Labute approximate surface area is 203 Å². The molecule has 2 aromatic heterocycles. The predicted molar refractivity (Wildman–Crippen MR) is 128 cm³/mol. The fourth-order valence-corrected chi connectivity index (χ4v) is 4.61. The first-order chi connectivity index (χ1) is 16.4. The zero-order valence-corrected chi connectivity index (χ0v) is 19.7. The molecular formula is C23H21ClFN3O5S. The monoisotopic (exact) mass is 505 g/mol. The van der Waals surface area contributed by atoms with E-state index in [1.807, 2.05) is 6.92 Å². The van der Waals surface area contributed by atoms with Crippen molar-refractivity contribution in [2.45, 2.75) is 13.0 Å². The molecule has 3 heterocycles. The van der Waals surface area contributed by atoms with E-state index in [0.29, 0.717) is 20.5 Å². The Kier molecular flexibility index (Phi) is 7.18. The molecule has 2 amide bonds. The zero-order chi connectivity index (χ0) is 24.2. The van der Waals surface area contributed by atoms with Crippen LogP contribution in [-0.2, 0) is 4.74 Å². The van der Waals surface area contributed by atoms with Crippen LogP contribution in [0.3, 0.4) is 0 Å². The number of halogens is 2. The number of thiophene rings is 1. The summed E-state index contributed by atoms with van der Waals surface area (Å²) < 4.78 is 23.8. The first-order valence-electron chi connectivity index (χ1n) is 10.4. The molecule has 4 rings (SSSR count). The van der Waals surface area contributed by atoms with E-state index >= 15 is 0 Å². The van der Waals surface area contributed by atoms with Gasteiger partial charge in [0.1, 0.15) is 19.4 Å². The molecule has 8 nitrogen and oxygen atoms in total. The molecule has 11 heteroatoms. The molecule has 0 spiro atoms. The number of aromatic nitrogens is 1. The molecule has 0 aliphatic carbocycles. The molecule has 1 saturated heterocycles. The van der Waals surface area contributed by atoms with Gasteiger partial charge in [0.2, 0.25) is 0 Å². The van der Waals surface area contributed by atoms with Crippen molar-refractivity contribution >= 4 is 40.6 Å². The molecule has 0 bridgehead atoms. The molecule has 1 aliphatic heterocycles. The first-order valence-corrected chi connectivity index (χ1v) is 11.6. The normalized spacial score (nSPS) is 15.3. The predicted octanol–water partition coefficient (Wildman–Crippen LogP) is 4.17. The number of alkyl halides is 1. The Morgan fingerprint density at radius 2 is 2.12 bits per heavy atom. The van der Waals surface area contributed by atoms with Crippen molar-refractivity contribution < 1.29 is 23.5 Å². The van der Waals surface area contributed by atoms with Gasteiger partial charge in [0.15, 0.2) is 5.75 Å². The van der Waals surface area contributed by atoms with Gasteiger partial charge < -0.3 is 19.8 Å². The molecule has 1 atom stereocenters. The third kappa shape index (κ3) is 5.07. The molecule has 0 radical (unpaired) electrons. The number of carbonyl (C=O) groups excluding carboxylic acids is 2. The largest absolute Gasteiger partial charge is 0.485 e. The third-order valence-electron chi connectivity index (χ3n) is 5.21. The molecule has 3 aromatic rings. The number of benzene rings is 1. The van der Waals surface area contributed by atoms with Crippen molar-refractivity contribution in [1.82, 2.24) is 10.3 Å². The number of hydrogen-bond donors (Lipinski definition) is 2. The Balaban J connectivity index is 1.47. The summed E-state index contributed by atoms with van der Waals surface area (Å²) in [5.74, 6) is -0.241. The van der Waals surface area contributed by atoms with E-state index in [0.717, 1.165) is 11.1 Å². The van der Waals surface area contributed by atoms with E-state index in [1.165, 1.54) is 22.4 Å². The van der Waals surface area contributed by atoms with Crippen molar-refractivity contribution in [2.75, 3.05) is 31.3 Å². The summed E-state index contributed by atoms with van der Waals surface area (Å²) in [5.41, 5.74) is 2.19. The molecule has 1 aliphatic rings. The second-order valence-electron chi connectivity index (χ2n) is 7.52. The lowest BCUT2D eigenvalue weighted by atomic mass is 10.00. The quantitative estimate of drug-likeness (QED) is 0.478. The summed E-state index contributed by atoms with van der Waals surface area (Å²) >= 11 is 7.03. The van der Waals surface area contributed by atoms with Crippen LogP contribution < -0.4 is 20.5 Å². The van der Waals surface area contributed by atoms with Gasteiger partial charge in [-0.15, -0.1) is 11.3 Å². The molecule has 1 aromatic carbocycles. The molecule has 178 valence electrons. The first kappa shape index (κ1) is 23.8. The highest BCUT2D eigenvalue weighted by molar-refractivity contribution is 7.18. The summed E-state index contributed by atoms with van der Waals surface area (Å²) in [6, 6.07) is 10.3. The summed E-state index contributed by atoms with van der Waals surface area (Å²) in [4.78, 5) is 41.3. The highest BCUT2D eigenvalue weighted by Crippen LogP contribution is 2.33. The van der Waals surface area contributed by atoms with Crippen molar-refractivity contribution in [1.29, 1.82) is 0 Å². The molecule has 2 N–H and O–H groups in total. The maximum absolute atomic E-state index is 12.6. The van der Waals surface area contributed by atoms with Crippen molar-refractivity contribution in [3.63, 3.8) is 0 Å². The van der Waals surface area contributed by atoms with Crippen LogP contribution in [0.25, 0.3) is 11.1 Å². The number of anilines is 1. The Hall–Kier alpha value is -3.37. The fourth-order valence-electron chi connectivity index (χ4n) is 3.65.